The van der Waals surface area contributed by atoms with E-state index in [2.05, 4.69) is 48.6 Å². The molecule has 2 aromatic carbocycles. The molecule has 1 saturated carbocycles. The van der Waals surface area contributed by atoms with Crippen LogP contribution in [0.4, 0.5) is 5.69 Å². The number of carbonyl (C=O) groups is 1. The molecule has 4 nitrogen and oxygen atoms in total. The summed E-state index contributed by atoms with van der Waals surface area (Å²) in [5, 5.41) is 1.19. The first kappa shape index (κ1) is 27.7. The zero-order valence-corrected chi connectivity index (χ0v) is 24.8. The molecule has 2 aliphatic heterocycles. The molecule has 1 aliphatic carbocycles. The number of benzene rings is 2. The quantitative estimate of drug-likeness (QED) is 0.387. The van der Waals surface area contributed by atoms with E-state index in [-0.39, 0.29) is 11.8 Å². The molecule has 6 heteroatoms. The summed E-state index contributed by atoms with van der Waals surface area (Å²) in [5.74, 6) is 3.23. The fourth-order valence-corrected chi connectivity index (χ4v) is 7.40. The van der Waals surface area contributed by atoms with Crippen LogP contribution in [0.2, 0.25) is 5.02 Å². The van der Waals surface area contributed by atoms with Gasteiger partial charge in [-0.1, -0.05) is 64.1 Å². The fraction of sp³-hybridized carbons (Fsp3) is 0.594. The second kappa shape index (κ2) is 12.6. The molecule has 4 unspecified atom stereocenters. The standard InChI is InChI=1S/C32H43ClN2O2S/c1-4-7-24-16-28(33)13-14-29(24)27-19-35-18-26-11-10-23(26)9-6-5-8-21(2)22(3)38-34-32(36)25-12-15-31(37-20-27)30(35)17-25/h12-17,21-23,26-27H,4-11,18-20H2,1-3H3,(H,34,36)/t21?,22-,23?,26?,27?/m0/s1. The van der Waals surface area contributed by atoms with E-state index in [1.165, 1.54) is 49.7 Å². The zero-order chi connectivity index (χ0) is 26.6. The van der Waals surface area contributed by atoms with Crippen LogP contribution in [0.1, 0.15) is 93.1 Å². The summed E-state index contributed by atoms with van der Waals surface area (Å²) < 4.78 is 9.61. The maximum absolute atomic E-state index is 13.2. The van der Waals surface area contributed by atoms with Gasteiger partial charge in [0.15, 0.2) is 0 Å². The van der Waals surface area contributed by atoms with E-state index in [0.29, 0.717) is 29.3 Å². The van der Waals surface area contributed by atoms with Crippen molar-refractivity contribution in [1.29, 1.82) is 0 Å². The highest BCUT2D eigenvalue weighted by Gasteiger charge is 2.35. The SMILES string of the molecule is CCCc1cc(Cl)ccc1C1COc2ccc3cc2N(C1)CC1CCC1CCCCC(C)[C@H](C)SNC3=O. The number of amides is 1. The number of halogens is 1. The van der Waals surface area contributed by atoms with Crippen molar-refractivity contribution in [2.24, 2.45) is 17.8 Å². The smallest absolute Gasteiger partial charge is 0.261 e. The number of ether oxygens (including phenoxy) is 1. The van der Waals surface area contributed by atoms with E-state index >= 15 is 0 Å². The zero-order valence-electron chi connectivity index (χ0n) is 23.2. The lowest BCUT2D eigenvalue weighted by Crippen LogP contribution is -2.40. The number of carbonyl (C=O) groups excluding carboxylic acids is 1. The Kier molecular flexibility index (Phi) is 9.15. The summed E-state index contributed by atoms with van der Waals surface area (Å²) in [6.07, 6.45) is 9.92. The second-order valence-corrected chi connectivity index (χ2v) is 13.4. The molecule has 3 aliphatic rings. The first-order valence-corrected chi connectivity index (χ1v) is 15.9. The number of hydrogen-bond donors (Lipinski definition) is 1. The molecule has 5 atom stereocenters. The molecule has 206 valence electrons. The average Bonchev–Trinajstić information content (AvgIpc) is 3.08. The number of fused-ring (bicyclic) bond motifs is 2. The third-order valence-corrected chi connectivity index (χ3v) is 10.5. The van der Waals surface area contributed by atoms with Crippen molar-refractivity contribution in [3.05, 3.63) is 58.1 Å². The number of nitrogens with one attached hydrogen (secondary N) is 1. The molecule has 0 aromatic heterocycles. The Balaban J connectivity index is 1.47. The van der Waals surface area contributed by atoms with Crippen molar-refractivity contribution in [3.63, 3.8) is 0 Å². The van der Waals surface area contributed by atoms with Gasteiger partial charge >= 0.3 is 0 Å². The van der Waals surface area contributed by atoms with Crippen LogP contribution in [-0.4, -0.2) is 30.9 Å². The van der Waals surface area contributed by atoms with Crippen molar-refractivity contribution in [2.75, 3.05) is 24.6 Å². The Morgan fingerprint density at radius 1 is 1.03 bits per heavy atom. The van der Waals surface area contributed by atoms with Crippen molar-refractivity contribution in [3.8, 4) is 5.75 Å². The van der Waals surface area contributed by atoms with Gasteiger partial charge in [-0.3, -0.25) is 9.52 Å². The molecule has 2 aromatic rings. The van der Waals surface area contributed by atoms with Crippen LogP contribution in [0.3, 0.4) is 0 Å². The highest BCUT2D eigenvalue weighted by Crippen LogP contribution is 2.43. The van der Waals surface area contributed by atoms with Gasteiger partial charge in [0.25, 0.3) is 5.91 Å². The number of aryl methyl sites for hydroxylation is 1. The number of rotatable bonds is 3. The van der Waals surface area contributed by atoms with E-state index in [9.17, 15) is 4.79 Å². The number of anilines is 1. The molecule has 1 amide bonds. The largest absolute Gasteiger partial charge is 0.491 e. The first-order chi connectivity index (χ1) is 18.4. The third-order valence-electron chi connectivity index (χ3n) is 9.16. The lowest BCUT2D eigenvalue weighted by molar-refractivity contribution is 0.0984. The van der Waals surface area contributed by atoms with Gasteiger partial charge in [0, 0.05) is 34.8 Å². The van der Waals surface area contributed by atoms with Crippen LogP contribution in [0.15, 0.2) is 36.4 Å². The minimum Gasteiger partial charge on any atom is -0.491 e. The Morgan fingerprint density at radius 2 is 1.84 bits per heavy atom. The molecule has 1 N–H and O–H groups in total. The fourth-order valence-electron chi connectivity index (χ4n) is 6.43. The molecule has 38 heavy (non-hydrogen) atoms. The van der Waals surface area contributed by atoms with Crippen LogP contribution in [0, 0.1) is 17.8 Å². The summed E-state index contributed by atoms with van der Waals surface area (Å²) in [6, 6.07) is 12.4. The predicted octanol–water partition coefficient (Wildman–Crippen LogP) is 8.28. The minimum atomic E-state index is -0.0193. The van der Waals surface area contributed by atoms with Crippen molar-refractivity contribution in [1.82, 2.24) is 4.72 Å². The van der Waals surface area contributed by atoms with Crippen LogP contribution in [-0.2, 0) is 6.42 Å². The maximum Gasteiger partial charge on any atom is 0.261 e. The van der Waals surface area contributed by atoms with Crippen LogP contribution in [0.5, 0.6) is 5.75 Å². The molecule has 1 fully saturated rings. The lowest BCUT2D eigenvalue weighted by Gasteiger charge is -2.41. The van der Waals surface area contributed by atoms with Gasteiger partial charge in [-0.15, -0.1) is 0 Å². The lowest BCUT2D eigenvalue weighted by atomic mass is 9.70. The maximum atomic E-state index is 13.2. The van der Waals surface area contributed by atoms with E-state index in [1.54, 1.807) is 11.9 Å². The summed E-state index contributed by atoms with van der Waals surface area (Å²) in [7, 11) is 0. The van der Waals surface area contributed by atoms with Gasteiger partial charge in [-0.05, 0) is 96.8 Å². The molecule has 2 bridgehead atoms. The van der Waals surface area contributed by atoms with Crippen molar-refractivity contribution < 1.29 is 9.53 Å². The van der Waals surface area contributed by atoms with E-state index in [0.717, 1.165) is 48.3 Å². The van der Waals surface area contributed by atoms with Gasteiger partial charge in [0.2, 0.25) is 0 Å². The summed E-state index contributed by atoms with van der Waals surface area (Å²) in [5.41, 5.74) is 4.45. The highest BCUT2D eigenvalue weighted by atomic mass is 35.5. The summed E-state index contributed by atoms with van der Waals surface area (Å²) in [4.78, 5) is 15.7. The third kappa shape index (κ3) is 6.31. The van der Waals surface area contributed by atoms with Gasteiger partial charge < -0.3 is 9.64 Å². The van der Waals surface area contributed by atoms with Crippen LogP contribution in [0.25, 0.3) is 0 Å². The van der Waals surface area contributed by atoms with Crippen LogP contribution < -0.4 is 14.4 Å². The Bertz CT molecular complexity index is 1120. The molecule has 0 saturated heterocycles. The normalized spacial score (nSPS) is 28.4. The first-order valence-electron chi connectivity index (χ1n) is 14.7. The average molecular weight is 555 g/mol. The van der Waals surface area contributed by atoms with Gasteiger partial charge in [-0.25, -0.2) is 0 Å². The van der Waals surface area contributed by atoms with E-state index in [4.69, 9.17) is 16.3 Å². The molecule has 0 spiro atoms. The molecular formula is C32H43ClN2O2S. The predicted molar refractivity (Wildman–Crippen MR) is 161 cm³/mol. The summed E-state index contributed by atoms with van der Waals surface area (Å²) in [6.45, 7) is 9.33. The van der Waals surface area contributed by atoms with E-state index < -0.39 is 0 Å². The summed E-state index contributed by atoms with van der Waals surface area (Å²) >= 11 is 7.97. The minimum absolute atomic E-state index is 0.0193. The number of hydrogen-bond acceptors (Lipinski definition) is 4. The Hall–Kier alpha value is -1.85. The van der Waals surface area contributed by atoms with Gasteiger partial charge in [0.1, 0.15) is 5.75 Å². The molecular weight excluding hydrogens is 512 g/mol. The Labute approximate surface area is 238 Å². The van der Waals surface area contributed by atoms with Gasteiger partial charge in [0.05, 0.1) is 12.3 Å². The number of nitrogens with zero attached hydrogens (tertiary/aromatic N) is 1. The monoisotopic (exact) mass is 554 g/mol. The molecule has 0 radical (unpaired) electrons. The molecule has 5 rings (SSSR count). The van der Waals surface area contributed by atoms with Crippen molar-refractivity contribution in [2.45, 2.75) is 83.3 Å². The second-order valence-electron chi connectivity index (χ2n) is 11.8. The molecule has 2 heterocycles. The van der Waals surface area contributed by atoms with E-state index in [1.807, 2.05) is 18.2 Å². The van der Waals surface area contributed by atoms with Crippen LogP contribution >= 0.6 is 23.5 Å². The van der Waals surface area contributed by atoms with Crippen molar-refractivity contribution >= 4 is 35.1 Å². The highest BCUT2D eigenvalue weighted by molar-refractivity contribution is 7.98. The van der Waals surface area contributed by atoms with Gasteiger partial charge in [-0.2, -0.15) is 0 Å². The topological polar surface area (TPSA) is 41.6 Å². The Morgan fingerprint density at radius 3 is 2.63 bits per heavy atom.